The van der Waals surface area contributed by atoms with Crippen LogP contribution in [-0.2, 0) is 16.0 Å². The molecular formula is C16H23N3O3S. The molecule has 2 heterocycles. The highest BCUT2D eigenvalue weighted by atomic mass is 32.2. The van der Waals surface area contributed by atoms with Gasteiger partial charge in [-0.05, 0) is 44.9 Å². The first-order valence-electron chi connectivity index (χ1n) is 7.81. The summed E-state index contributed by atoms with van der Waals surface area (Å²) in [6, 6.07) is 0. The van der Waals surface area contributed by atoms with Crippen LogP contribution in [0.3, 0.4) is 0 Å². The second-order valence-electron chi connectivity index (χ2n) is 5.88. The Labute approximate surface area is 140 Å². The minimum atomic E-state index is -0.810. The summed E-state index contributed by atoms with van der Waals surface area (Å²) in [5.41, 5.74) is 2.84. The summed E-state index contributed by atoms with van der Waals surface area (Å²) in [6.07, 6.45) is 4.32. The summed E-state index contributed by atoms with van der Waals surface area (Å²) in [4.78, 5) is 34.0. The monoisotopic (exact) mass is 337 g/mol. The molecule has 1 aliphatic rings. The molecule has 1 N–H and O–H groups in total. The molecule has 7 heteroatoms. The van der Waals surface area contributed by atoms with Gasteiger partial charge in [0, 0.05) is 30.9 Å². The van der Waals surface area contributed by atoms with Crippen molar-refractivity contribution in [2.45, 2.75) is 44.7 Å². The van der Waals surface area contributed by atoms with Gasteiger partial charge in [-0.25, -0.2) is 9.97 Å². The molecule has 0 aliphatic carbocycles. The third kappa shape index (κ3) is 4.43. The average molecular weight is 337 g/mol. The van der Waals surface area contributed by atoms with Gasteiger partial charge in [-0.15, -0.1) is 0 Å². The van der Waals surface area contributed by atoms with Crippen molar-refractivity contribution in [3.8, 4) is 0 Å². The Balaban J connectivity index is 1.98. The van der Waals surface area contributed by atoms with Gasteiger partial charge in [0.25, 0.3) is 0 Å². The Bertz CT molecular complexity index is 583. The fourth-order valence-corrected chi connectivity index (χ4v) is 3.41. The number of thioether (sulfide) groups is 1. The van der Waals surface area contributed by atoms with E-state index in [9.17, 15) is 9.59 Å². The fourth-order valence-electron chi connectivity index (χ4n) is 2.96. The van der Waals surface area contributed by atoms with Crippen LogP contribution in [0.5, 0.6) is 0 Å². The maximum absolute atomic E-state index is 12.4. The van der Waals surface area contributed by atoms with E-state index in [2.05, 4.69) is 9.97 Å². The summed E-state index contributed by atoms with van der Waals surface area (Å²) in [5.74, 6) is -1.22. The maximum atomic E-state index is 12.4. The Morgan fingerprint density at radius 3 is 2.52 bits per heavy atom. The summed E-state index contributed by atoms with van der Waals surface area (Å²) >= 11 is 1.50. The van der Waals surface area contributed by atoms with Gasteiger partial charge in [0.05, 0.1) is 5.92 Å². The number of carbonyl (C=O) groups is 2. The zero-order valence-electron chi connectivity index (χ0n) is 13.8. The first-order valence-corrected chi connectivity index (χ1v) is 9.03. The number of aromatic nitrogens is 2. The predicted octanol–water partition coefficient (Wildman–Crippen LogP) is 2.07. The lowest BCUT2D eigenvalue weighted by Gasteiger charge is -2.30. The molecular weight excluding hydrogens is 314 g/mol. The lowest BCUT2D eigenvalue weighted by atomic mass is 9.97. The molecule has 1 aromatic heterocycles. The van der Waals surface area contributed by atoms with Crippen LogP contribution in [0, 0.1) is 19.8 Å². The van der Waals surface area contributed by atoms with Crippen molar-refractivity contribution in [3.05, 3.63) is 17.0 Å². The lowest BCUT2D eigenvalue weighted by Crippen LogP contribution is -2.42. The SMILES string of the molecule is CSc1nc(C)c(CCC(=O)N2CCC[C@H](C(=O)O)C2)c(C)n1. The average Bonchev–Trinajstić information content (AvgIpc) is 2.53. The van der Waals surface area contributed by atoms with Crippen LogP contribution in [0.1, 0.15) is 36.2 Å². The Kier molecular flexibility index (Phi) is 5.98. The van der Waals surface area contributed by atoms with E-state index < -0.39 is 11.9 Å². The number of carbonyl (C=O) groups excluding carboxylic acids is 1. The van der Waals surface area contributed by atoms with Crippen LogP contribution < -0.4 is 0 Å². The summed E-state index contributed by atoms with van der Waals surface area (Å²) in [7, 11) is 0. The van der Waals surface area contributed by atoms with Gasteiger partial charge in [-0.3, -0.25) is 9.59 Å². The molecule has 0 aromatic carbocycles. The van der Waals surface area contributed by atoms with E-state index in [1.807, 2.05) is 20.1 Å². The number of hydrogen-bond donors (Lipinski definition) is 1. The molecule has 126 valence electrons. The number of nitrogens with zero attached hydrogens (tertiary/aromatic N) is 3. The third-order valence-electron chi connectivity index (χ3n) is 4.29. The van der Waals surface area contributed by atoms with Gasteiger partial charge in [0.2, 0.25) is 5.91 Å². The molecule has 0 unspecified atom stereocenters. The second kappa shape index (κ2) is 7.77. The van der Waals surface area contributed by atoms with Crippen LogP contribution in [0.4, 0.5) is 0 Å². The standard InChI is InChI=1S/C16H23N3O3S/c1-10-13(11(2)18-16(17-10)23-3)6-7-14(20)19-8-4-5-12(9-19)15(21)22/h12H,4-9H2,1-3H3,(H,21,22)/t12-/m0/s1. The Hall–Kier alpha value is -1.63. The third-order valence-corrected chi connectivity index (χ3v) is 4.84. The van der Waals surface area contributed by atoms with Gasteiger partial charge in [-0.2, -0.15) is 0 Å². The number of carboxylic acid groups (broad SMARTS) is 1. The zero-order chi connectivity index (χ0) is 17.0. The molecule has 2 rings (SSSR count). The van der Waals surface area contributed by atoms with Crippen LogP contribution in [0.15, 0.2) is 5.16 Å². The van der Waals surface area contributed by atoms with Crippen molar-refractivity contribution in [2.75, 3.05) is 19.3 Å². The number of carboxylic acids is 1. The Morgan fingerprint density at radius 2 is 1.96 bits per heavy atom. The number of aryl methyl sites for hydroxylation is 2. The molecule has 1 saturated heterocycles. The minimum Gasteiger partial charge on any atom is -0.481 e. The topological polar surface area (TPSA) is 83.4 Å². The fraction of sp³-hybridized carbons (Fsp3) is 0.625. The van der Waals surface area contributed by atoms with E-state index in [0.29, 0.717) is 32.4 Å². The lowest BCUT2D eigenvalue weighted by molar-refractivity contribution is -0.145. The minimum absolute atomic E-state index is 0.0173. The molecule has 6 nitrogen and oxygen atoms in total. The first-order chi connectivity index (χ1) is 10.9. The summed E-state index contributed by atoms with van der Waals surface area (Å²) < 4.78 is 0. The summed E-state index contributed by atoms with van der Waals surface area (Å²) in [6.45, 7) is 4.86. The van der Waals surface area contributed by atoms with E-state index in [1.54, 1.807) is 4.90 Å². The van der Waals surface area contributed by atoms with Gasteiger partial charge in [-0.1, -0.05) is 11.8 Å². The zero-order valence-corrected chi connectivity index (χ0v) is 14.7. The van der Waals surface area contributed by atoms with Gasteiger partial charge < -0.3 is 10.0 Å². The number of piperidine rings is 1. The second-order valence-corrected chi connectivity index (χ2v) is 6.65. The van der Waals surface area contributed by atoms with Gasteiger partial charge in [0.1, 0.15) is 0 Å². The molecule has 1 atom stereocenters. The van der Waals surface area contributed by atoms with Crippen molar-refractivity contribution in [1.82, 2.24) is 14.9 Å². The van der Waals surface area contributed by atoms with E-state index in [1.165, 1.54) is 11.8 Å². The van der Waals surface area contributed by atoms with Crippen molar-refractivity contribution in [2.24, 2.45) is 5.92 Å². The predicted molar refractivity (Wildman–Crippen MR) is 88.5 cm³/mol. The molecule has 1 aromatic rings. The largest absolute Gasteiger partial charge is 0.481 e. The molecule has 23 heavy (non-hydrogen) atoms. The highest BCUT2D eigenvalue weighted by molar-refractivity contribution is 7.98. The molecule has 1 amide bonds. The molecule has 1 aliphatic heterocycles. The number of rotatable bonds is 5. The number of hydrogen-bond acceptors (Lipinski definition) is 5. The first kappa shape index (κ1) is 17.7. The molecule has 0 spiro atoms. The Morgan fingerprint density at radius 1 is 1.30 bits per heavy atom. The highest BCUT2D eigenvalue weighted by Crippen LogP contribution is 2.20. The van der Waals surface area contributed by atoms with Crippen molar-refractivity contribution >= 4 is 23.6 Å². The number of aliphatic carboxylic acids is 1. The molecule has 0 radical (unpaired) electrons. The molecule has 1 fully saturated rings. The molecule has 0 saturated carbocycles. The van der Waals surface area contributed by atoms with Crippen molar-refractivity contribution in [1.29, 1.82) is 0 Å². The van der Waals surface area contributed by atoms with Crippen LogP contribution in [0.2, 0.25) is 0 Å². The summed E-state index contributed by atoms with van der Waals surface area (Å²) in [5, 5.41) is 9.86. The van der Waals surface area contributed by atoms with E-state index in [0.717, 1.165) is 28.5 Å². The van der Waals surface area contributed by atoms with E-state index in [4.69, 9.17) is 5.11 Å². The van der Waals surface area contributed by atoms with Crippen LogP contribution in [0.25, 0.3) is 0 Å². The van der Waals surface area contributed by atoms with Crippen LogP contribution >= 0.6 is 11.8 Å². The van der Waals surface area contributed by atoms with Crippen LogP contribution in [-0.4, -0.2) is 51.2 Å². The van der Waals surface area contributed by atoms with Crippen molar-refractivity contribution < 1.29 is 14.7 Å². The van der Waals surface area contributed by atoms with Gasteiger partial charge >= 0.3 is 5.97 Å². The van der Waals surface area contributed by atoms with Gasteiger partial charge in [0.15, 0.2) is 5.16 Å². The normalized spacial score (nSPS) is 18.0. The number of amides is 1. The van der Waals surface area contributed by atoms with Crippen molar-refractivity contribution in [3.63, 3.8) is 0 Å². The quantitative estimate of drug-likeness (QED) is 0.654. The highest BCUT2D eigenvalue weighted by Gasteiger charge is 2.28. The number of likely N-dealkylation sites (tertiary alicyclic amines) is 1. The van der Waals surface area contributed by atoms with E-state index >= 15 is 0 Å². The molecule has 0 bridgehead atoms. The maximum Gasteiger partial charge on any atom is 0.308 e. The van der Waals surface area contributed by atoms with E-state index in [-0.39, 0.29) is 5.91 Å². The smallest absolute Gasteiger partial charge is 0.308 e.